The minimum absolute atomic E-state index is 0.127. The molecule has 0 fully saturated rings. The molecule has 0 aliphatic carbocycles. The highest BCUT2D eigenvalue weighted by Gasteiger charge is 2.20. The molecule has 0 spiro atoms. The Bertz CT molecular complexity index is 1450. The molecule has 1 aromatic heterocycles. The van der Waals surface area contributed by atoms with Gasteiger partial charge < -0.3 is 15.0 Å². The first-order valence-corrected chi connectivity index (χ1v) is 11.4. The van der Waals surface area contributed by atoms with E-state index >= 15 is 0 Å². The summed E-state index contributed by atoms with van der Waals surface area (Å²) in [5, 5.41) is 2.75. The molecule has 0 bridgehead atoms. The third kappa shape index (κ3) is 4.71. The molecule has 0 atom stereocenters. The van der Waals surface area contributed by atoms with Crippen molar-refractivity contribution in [1.82, 2.24) is 14.7 Å². The number of imidazole rings is 1. The molecule has 3 aromatic carbocycles. The summed E-state index contributed by atoms with van der Waals surface area (Å²) in [6.07, 6.45) is 0.303. The molecule has 0 radical (unpaired) electrons. The van der Waals surface area contributed by atoms with E-state index in [1.54, 1.807) is 36.4 Å². The standard InChI is InChI=1S/C23H21FN4O4S/c1-25-33(30,31)21-11-15(7-10-20(21)32-2)23(29)26-16-8-9-18-19(13-16)28-22(27-18)12-14-5-3-4-6-17(14)24/h3-11,13,25H,12H2,1-2H3,(H,26,29)(H,27,28). The highest BCUT2D eigenvalue weighted by atomic mass is 32.2. The van der Waals surface area contributed by atoms with Crippen molar-refractivity contribution >= 4 is 32.7 Å². The summed E-state index contributed by atoms with van der Waals surface area (Å²) < 4.78 is 45.8. The fourth-order valence-electron chi connectivity index (χ4n) is 3.39. The van der Waals surface area contributed by atoms with Gasteiger partial charge in [-0.25, -0.2) is 22.5 Å². The molecule has 4 aromatic rings. The van der Waals surface area contributed by atoms with Gasteiger partial charge in [-0.15, -0.1) is 0 Å². The summed E-state index contributed by atoms with van der Waals surface area (Å²) >= 11 is 0. The average Bonchev–Trinajstić information content (AvgIpc) is 3.21. The van der Waals surface area contributed by atoms with Crippen molar-refractivity contribution in [2.75, 3.05) is 19.5 Å². The first-order chi connectivity index (χ1) is 15.8. The van der Waals surface area contributed by atoms with Crippen molar-refractivity contribution in [3.8, 4) is 5.75 Å². The maximum atomic E-state index is 13.9. The van der Waals surface area contributed by atoms with Gasteiger partial charge in [0.15, 0.2) is 0 Å². The van der Waals surface area contributed by atoms with E-state index in [4.69, 9.17) is 4.74 Å². The molecule has 1 amide bonds. The molecule has 0 saturated carbocycles. The van der Waals surface area contributed by atoms with Crippen LogP contribution in [0.5, 0.6) is 5.75 Å². The molecule has 0 aliphatic rings. The van der Waals surface area contributed by atoms with Gasteiger partial charge in [0.25, 0.3) is 5.91 Å². The number of methoxy groups -OCH3 is 1. The maximum Gasteiger partial charge on any atom is 0.255 e. The van der Waals surface area contributed by atoms with Crippen LogP contribution < -0.4 is 14.8 Å². The second-order valence-corrected chi connectivity index (χ2v) is 9.07. The summed E-state index contributed by atoms with van der Waals surface area (Å²) in [6, 6.07) is 15.8. The van der Waals surface area contributed by atoms with Crippen LogP contribution in [0.4, 0.5) is 10.1 Å². The van der Waals surface area contributed by atoms with E-state index in [1.165, 1.54) is 38.4 Å². The summed E-state index contributed by atoms with van der Waals surface area (Å²) in [4.78, 5) is 20.2. The van der Waals surface area contributed by atoms with Gasteiger partial charge >= 0.3 is 0 Å². The number of aromatic nitrogens is 2. The van der Waals surface area contributed by atoms with E-state index in [2.05, 4.69) is 20.0 Å². The Balaban J connectivity index is 1.57. The number of nitrogens with one attached hydrogen (secondary N) is 3. The summed E-state index contributed by atoms with van der Waals surface area (Å²) in [6.45, 7) is 0. The van der Waals surface area contributed by atoms with E-state index in [1.807, 2.05) is 0 Å². The number of carbonyl (C=O) groups is 1. The molecule has 4 rings (SSSR count). The number of hydrogen-bond acceptors (Lipinski definition) is 5. The number of benzene rings is 3. The van der Waals surface area contributed by atoms with Gasteiger partial charge in [0.1, 0.15) is 22.3 Å². The van der Waals surface area contributed by atoms with Crippen molar-refractivity contribution < 1.29 is 22.3 Å². The predicted molar refractivity (Wildman–Crippen MR) is 122 cm³/mol. The molecule has 0 saturated heterocycles. The second-order valence-electron chi connectivity index (χ2n) is 7.21. The molecule has 10 heteroatoms. The monoisotopic (exact) mass is 468 g/mol. The lowest BCUT2D eigenvalue weighted by atomic mass is 10.1. The molecular weight excluding hydrogens is 447 g/mol. The summed E-state index contributed by atoms with van der Waals surface area (Å²) in [5.41, 5.74) is 2.51. The summed E-state index contributed by atoms with van der Waals surface area (Å²) in [7, 11) is -1.19. The van der Waals surface area contributed by atoms with E-state index in [0.717, 1.165) is 0 Å². The number of amides is 1. The number of sulfonamides is 1. The molecule has 0 unspecified atom stereocenters. The first-order valence-electron chi connectivity index (χ1n) is 9.95. The van der Waals surface area contributed by atoms with Crippen molar-refractivity contribution in [2.45, 2.75) is 11.3 Å². The number of nitrogens with zero attached hydrogens (tertiary/aromatic N) is 1. The van der Waals surface area contributed by atoms with Crippen LogP contribution in [0.1, 0.15) is 21.7 Å². The number of fused-ring (bicyclic) bond motifs is 1. The largest absolute Gasteiger partial charge is 0.495 e. The Morgan fingerprint density at radius 1 is 1.12 bits per heavy atom. The Kier molecular flexibility index (Phi) is 6.12. The van der Waals surface area contributed by atoms with E-state index in [-0.39, 0.29) is 22.0 Å². The van der Waals surface area contributed by atoms with Crippen LogP contribution in [0.2, 0.25) is 0 Å². The number of hydrogen-bond donors (Lipinski definition) is 3. The molecule has 0 aliphatic heterocycles. The minimum Gasteiger partial charge on any atom is -0.495 e. The van der Waals surface area contributed by atoms with Crippen LogP contribution in [-0.4, -0.2) is 38.5 Å². The van der Waals surface area contributed by atoms with Crippen molar-refractivity contribution in [3.05, 3.63) is 83.4 Å². The van der Waals surface area contributed by atoms with Crippen molar-refractivity contribution in [2.24, 2.45) is 0 Å². The molecule has 1 heterocycles. The van der Waals surface area contributed by atoms with Crippen LogP contribution in [-0.2, 0) is 16.4 Å². The van der Waals surface area contributed by atoms with Gasteiger partial charge in [-0.1, -0.05) is 18.2 Å². The molecular formula is C23H21FN4O4S. The van der Waals surface area contributed by atoms with Crippen LogP contribution in [0.15, 0.2) is 65.6 Å². The third-order valence-corrected chi connectivity index (χ3v) is 6.52. The Morgan fingerprint density at radius 3 is 2.64 bits per heavy atom. The van der Waals surface area contributed by atoms with Gasteiger partial charge in [0.05, 0.1) is 18.1 Å². The zero-order chi connectivity index (χ0) is 23.6. The van der Waals surface area contributed by atoms with E-state index in [9.17, 15) is 17.6 Å². The summed E-state index contributed by atoms with van der Waals surface area (Å²) in [5.74, 6) is -0.0708. The SMILES string of the molecule is CNS(=O)(=O)c1cc(C(=O)Nc2ccc3nc(Cc4ccccc4F)[nH]c3c2)ccc1OC. The predicted octanol–water partition coefficient (Wildman–Crippen LogP) is 3.46. The molecule has 3 N–H and O–H groups in total. The smallest absolute Gasteiger partial charge is 0.255 e. The second kappa shape index (κ2) is 9.00. The molecule has 8 nitrogen and oxygen atoms in total. The van der Waals surface area contributed by atoms with Crippen LogP contribution in [0.25, 0.3) is 11.0 Å². The molecule has 170 valence electrons. The maximum absolute atomic E-state index is 13.9. The van der Waals surface area contributed by atoms with Crippen LogP contribution >= 0.6 is 0 Å². The van der Waals surface area contributed by atoms with Crippen LogP contribution in [0.3, 0.4) is 0 Å². The van der Waals surface area contributed by atoms with Gasteiger partial charge in [-0.2, -0.15) is 0 Å². The van der Waals surface area contributed by atoms with E-state index < -0.39 is 15.9 Å². The Hall–Kier alpha value is -3.76. The van der Waals surface area contributed by atoms with Crippen molar-refractivity contribution in [3.63, 3.8) is 0 Å². The lowest BCUT2D eigenvalue weighted by Crippen LogP contribution is -2.20. The Labute approximate surface area is 189 Å². The fourth-order valence-corrected chi connectivity index (χ4v) is 4.31. The number of carbonyl (C=O) groups excluding carboxylic acids is 1. The zero-order valence-electron chi connectivity index (χ0n) is 17.8. The average molecular weight is 469 g/mol. The topological polar surface area (TPSA) is 113 Å². The number of ether oxygens (including phenoxy) is 1. The van der Waals surface area contributed by atoms with E-state index in [0.29, 0.717) is 34.5 Å². The third-order valence-electron chi connectivity index (χ3n) is 5.09. The number of aromatic amines is 1. The number of anilines is 1. The van der Waals surface area contributed by atoms with Crippen molar-refractivity contribution in [1.29, 1.82) is 0 Å². The Morgan fingerprint density at radius 2 is 1.91 bits per heavy atom. The number of rotatable bonds is 7. The van der Waals surface area contributed by atoms with Gasteiger partial charge in [0, 0.05) is 17.7 Å². The first kappa shape index (κ1) is 22.4. The highest BCUT2D eigenvalue weighted by molar-refractivity contribution is 7.89. The lowest BCUT2D eigenvalue weighted by Gasteiger charge is -2.11. The number of halogens is 1. The quantitative estimate of drug-likeness (QED) is 0.384. The lowest BCUT2D eigenvalue weighted by molar-refractivity contribution is 0.102. The number of H-pyrrole nitrogens is 1. The normalized spacial score (nSPS) is 11.5. The van der Waals surface area contributed by atoms with Crippen LogP contribution in [0, 0.1) is 5.82 Å². The molecule has 33 heavy (non-hydrogen) atoms. The highest BCUT2D eigenvalue weighted by Crippen LogP contribution is 2.26. The van der Waals surface area contributed by atoms with Gasteiger partial charge in [-0.3, -0.25) is 4.79 Å². The van der Waals surface area contributed by atoms with Gasteiger partial charge in [0.2, 0.25) is 10.0 Å². The van der Waals surface area contributed by atoms with Gasteiger partial charge in [-0.05, 0) is 55.1 Å². The zero-order valence-corrected chi connectivity index (χ0v) is 18.7. The minimum atomic E-state index is -3.82. The fraction of sp³-hybridized carbons (Fsp3) is 0.130.